The van der Waals surface area contributed by atoms with Gasteiger partial charge in [0.05, 0.1) is 25.8 Å². The number of carbonyl (C=O) groups is 1. The zero-order valence-corrected chi connectivity index (χ0v) is 27.4. The molecule has 9 nitrogen and oxygen atoms in total. The number of aromatic nitrogens is 2. The summed E-state index contributed by atoms with van der Waals surface area (Å²) in [6.07, 6.45) is 5.61. The van der Waals surface area contributed by atoms with E-state index in [2.05, 4.69) is 75.1 Å². The lowest BCUT2D eigenvalue weighted by Crippen LogP contribution is -2.48. The van der Waals surface area contributed by atoms with Crippen LogP contribution in [0, 0.1) is 0 Å². The number of hydrogen-bond acceptors (Lipinski definition) is 7. The number of nitrogens with zero attached hydrogens (tertiary/aromatic N) is 5. The molecular weight excluding hydrogens is 750 g/mol. The number of aryl methyl sites for hydroxylation is 1. The highest BCUT2D eigenvalue weighted by atomic mass is 127. The first kappa shape index (κ1) is 27.1. The van der Waals surface area contributed by atoms with Crippen molar-refractivity contribution in [3.8, 4) is 0 Å². The third kappa shape index (κ3) is 4.86. The molecule has 2 aromatic rings. The Balaban J connectivity index is 1.26. The average Bonchev–Trinajstić information content (AvgIpc) is 3.40. The molecule has 1 N–H and O–H groups in total. The summed E-state index contributed by atoms with van der Waals surface area (Å²) in [5, 5.41) is 3.53. The fraction of sp³-hybridized carbons (Fsp3) is 0.560. The fourth-order valence-corrected chi connectivity index (χ4v) is 10.8. The average molecular weight is 783 g/mol. The molecule has 0 bridgehead atoms. The van der Waals surface area contributed by atoms with Crippen molar-refractivity contribution in [3.63, 3.8) is 0 Å². The predicted octanol–water partition coefficient (Wildman–Crippen LogP) is 3.60. The van der Waals surface area contributed by atoms with E-state index in [9.17, 15) is 13.2 Å². The molecule has 0 radical (unpaired) electrons. The molecular formula is C25H32I2N6O3S2. The topological polar surface area (TPSA) is 98.7 Å². The van der Waals surface area contributed by atoms with Gasteiger partial charge >= 0.3 is 0 Å². The van der Waals surface area contributed by atoms with Crippen molar-refractivity contribution in [2.75, 3.05) is 59.8 Å². The minimum Gasteiger partial charge on any atom is -0.364 e. The van der Waals surface area contributed by atoms with Crippen molar-refractivity contribution >= 4 is 80.2 Å². The number of likely N-dealkylation sites (tertiary alicyclic amines) is 1. The van der Waals surface area contributed by atoms with Gasteiger partial charge in [-0.25, -0.2) is 9.19 Å². The van der Waals surface area contributed by atoms with E-state index in [4.69, 9.17) is 9.97 Å². The number of amides is 1. The maximum Gasteiger partial charge on any atom is 0.227 e. The van der Waals surface area contributed by atoms with Gasteiger partial charge < -0.3 is 15.1 Å². The van der Waals surface area contributed by atoms with Crippen LogP contribution in [0.5, 0.6) is 0 Å². The normalized spacial score (nSPS) is 25.7. The Bertz CT molecular complexity index is 1400. The molecule has 206 valence electrons. The molecule has 0 saturated carbocycles. The van der Waals surface area contributed by atoms with Crippen LogP contribution in [0.3, 0.4) is 0 Å². The van der Waals surface area contributed by atoms with Gasteiger partial charge in [-0.2, -0.15) is 4.98 Å². The number of hydrogen-bond donors (Lipinski definition) is 1. The van der Waals surface area contributed by atoms with E-state index in [1.54, 1.807) is 4.90 Å². The summed E-state index contributed by atoms with van der Waals surface area (Å²) in [6, 6.07) is 8.49. The van der Waals surface area contributed by atoms with E-state index in [0.29, 0.717) is 36.9 Å². The Morgan fingerprint density at radius 2 is 1.89 bits per heavy atom. The minimum absolute atomic E-state index is 0.0556. The van der Waals surface area contributed by atoms with Gasteiger partial charge in [-0.1, -0.05) is 18.2 Å². The summed E-state index contributed by atoms with van der Waals surface area (Å²) in [6.45, 7) is 2.95. The van der Waals surface area contributed by atoms with Crippen LogP contribution in [0.2, 0.25) is 0 Å². The van der Waals surface area contributed by atoms with Gasteiger partial charge in [-0.15, -0.1) is 0 Å². The fourth-order valence-electron chi connectivity index (χ4n) is 6.25. The first-order chi connectivity index (χ1) is 17.9. The van der Waals surface area contributed by atoms with Gasteiger partial charge in [-0.05, 0) is 30.9 Å². The number of rotatable bonds is 4. The first-order valence-electron chi connectivity index (χ1n) is 12.9. The van der Waals surface area contributed by atoms with Crippen molar-refractivity contribution in [2.45, 2.75) is 48.5 Å². The maximum atomic E-state index is 13.7. The smallest absolute Gasteiger partial charge is 0.227 e. The third-order valence-corrected chi connectivity index (χ3v) is 13.9. The number of fused-ring (bicyclic) bond motifs is 3. The SMILES string of the molecule is CN1C[C@@H](Nc2nc(N3CCC4(CC3)CN(S(C)(=O)(I)I)c3ccccc34)nc3c2S(=O)CC3)CCC1=O. The van der Waals surface area contributed by atoms with Crippen LogP contribution in [0.1, 0.15) is 36.9 Å². The number of benzene rings is 1. The summed E-state index contributed by atoms with van der Waals surface area (Å²) < 4.78 is 25.6. The summed E-state index contributed by atoms with van der Waals surface area (Å²) >= 11 is 4.26. The Labute approximate surface area is 250 Å². The second kappa shape index (κ2) is 9.50. The minimum atomic E-state index is -3.01. The molecule has 1 unspecified atom stereocenters. The highest BCUT2D eigenvalue weighted by molar-refractivity contribution is 14.3. The van der Waals surface area contributed by atoms with Gasteiger partial charge in [-0.3, -0.25) is 13.3 Å². The highest BCUT2D eigenvalue weighted by Gasteiger charge is 2.50. The van der Waals surface area contributed by atoms with Crippen LogP contribution in [-0.2, 0) is 31.0 Å². The van der Waals surface area contributed by atoms with Crippen LogP contribution in [-0.4, -0.2) is 80.5 Å². The number of nitrogens with one attached hydrogen (secondary N) is 1. The molecule has 1 aromatic carbocycles. The molecule has 1 amide bonds. The molecule has 2 fully saturated rings. The largest absolute Gasteiger partial charge is 0.364 e. The Morgan fingerprint density at radius 1 is 1.16 bits per heavy atom. The predicted molar refractivity (Wildman–Crippen MR) is 170 cm³/mol. The van der Waals surface area contributed by atoms with Gasteiger partial charge in [0.1, 0.15) is 10.7 Å². The number of halogens is 2. The lowest BCUT2D eigenvalue weighted by molar-refractivity contribution is -0.132. The number of anilines is 3. The second-order valence-electron chi connectivity index (χ2n) is 11.0. The molecule has 1 aromatic heterocycles. The molecule has 2 atom stereocenters. The molecule has 6 rings (SSSR count). The lowest BCUT2D eigenvalue weighted by Gasteiger charge is -2.42. The molecule has 0 aliphatic carbocycles. The summed E-state index contributed by atoms with van der Waals surface area (Å²) in [4.78, 5) is 26.5. The van der Waals surface area contributed by atoms with Gasteiger partial charge in [0.2, 0.25) is 11.9 Å². The van der Waals surface area contributed by atoms with E-state index in [1.807, 2.05) is 19.4 Å². The van der Waals surface area contributed by atoms with E-state index >= 15 is 0 Å². The monoisotopic (exact) mass is 782 g/mol. The van der Waals surface area contributed by atoms with Crippen molar-refractivity contribution in [1.29, 1.82) is 0 Å². The second-order valence-corrected chi connectivity index (χ2v) is 32.5. The lowest BCUT2D eigenvalue weighted by atomic mass is 9.74. The van der Waals surface area contributed by atoms with E-state index in [0.717, 1.165) is 55.2 Å². The zero-order chi connectivity index (χ0) is 26.9. The van der Waals surface area contributed by atoms with E-state index < -0.39 is 14.4 Å². The summed E-state index contributed by atoms with van der Waals surface area (Å²) in [7, 11) is 0.714. The number of para-hydroxylation sites is 1. The van der Waals surface area contributed by atoms with Gasteiger partial charge in [0, 0.05) is 112 Å². The van der Waals surface area contributed by atoms with Crippen molar-refractivity contribution < 1.29 is 13.2 Å². The number of piperidine rings is 2. The Morgan fingerprint density at radius 3 is 2.61 bits per heavy atom. The van der Waals surface area contributed by atoms with Gasteiger partial charge in [0.25, 0.3) is 0 Å². The summed E-state index contributed by atoms with van der Waals surface area (Å²) in [5.41, 5.74) is 3.19. The number of likely N-dealkylation sites (N-methyl/N-ethyl adjacent to an activating group) is 1. The van der Waals surface area contributed by atoms with Crippen molar-refractivity contribution in [2.24, 2.45) is 0 Å². The molecule has 13 heteroatoms. The number of carbonyl (C=O) groups excluding carboxylic acids is 1. The Kier molecular flexibility index (Phi) is 6.78. The molecule has 4 aliphatic rings. The van der Waals surface area contributed by atoms with E-state index in [-0.39, 0.29) is 17.4 Å². The van der Waals surface area contributed by atoms with E-state index in [1.165, 1.54) is 5.56 Å². The van der Waals surface area contributed by atoms with Crippen LogP contribution >= 0.6 is 42.4 Å². The standard InChI is InChI=1S/C25H32I2N6O3S2/c1-31-15-17(7-8-21(31)34)28-23-22-19(9-14-37(22)35)29-24(30-23)32-12-10-25(11-13-32)16-33(38(2,26,27)36)20-6-4-3-5-18(20)25/h3-6,17H,7-16H2,1-2H3,(H,28,29,30)/t17-,37?/m0/s1. The molecule has 2 saturated heterocycles. The van der Waals surface area contributed by atoms with Gasteiger partial charge in [0.15, 0.2) is 0 Å². The Hall–Kier alpha value is -1.07. The molecule has 5 heterocycles. The van der Waals surface area contributed by atoms with Crippen LogP contribution in [0.15, 0.2) is 29.2 Å². The van der Waals surface area contributed by atoms with Crippen molar-refractivity contribution in [3.05, 3.63) is 35.5 Å². The zero-order valence-electron chi connectivity index (χ0n) is 21.5. The maximum absolute atomic E-state index is 13.7. The summed E-state index contributed by atoms with van der Waals surface area (Å²) in [5.74, 6) is 2.08. The van der Waals surface area contributed by atoms with Crippen molar-refractivity contribution in [1.82, 2.24) is 14.9 Å². The van der Waals surface area contributed by atoms with Crippen LogP contribution < -0.4 is 14.5 Å². The quantitative estimate of drug-likeness (QED) is 0.375. The van der Waals surface area contributed by atoms with Crippen LogP contribution in [0.4, 0.5) is 17.5 Å². The molecule has 4 aliphatic heterocycles. The first-order valence-corrected chi connectivity index (χ1v) is 21.6. The highest BCUT2D eigenvalue weighted by Crippen LogP contribution is 2.56. The van der Waals surface area contributed by atoms with Crippen LogP contribution in [0.25, 0.3) is 0 Å². The third-order valence-electron chi connectivity index (χ3n) is 8.31. The molecule has 1 spiro atoms. The molecule has 38 heavy (non-hydrogen) atoms.